The van der Waals surface area contributed by atoms with Crippen molar-refractivity contribution >= 4 is 34.2 Å². The number of aromatic nitrogens is 4. The molecule has 2 aliphatic carbocycles. The second-order valence-corrected chi connectivity index (χ2v) is 7.94. The van der Waals surface area contributed by atoms with Gasteiger partial charge in [-0.05, 0) is 49.9 Å². The number of halogens is 1. The van der Waals surface area contributed by atoms with Crippen molar-refractivity contribution < 1.29 is 0 Å². The van der Waals surface area contributed by atoms with Crippen LogP contribution in [0.15, 0.2) is 61.2 Å². The molecule has 0 saturated heterocycles. The van der Waals surface area contributed by atoms with Gasteiger partial charge < -0.3 is 0 Å². The van der Waals surface area contributed by atoms with Crippen LogP contribution in [0.3, 0.4) is 0 Å². The van der Waals surface area contributed by atoms with E-state index in [-0.39, 0.29) is 23.5 Å². The molecule has 29 heavy (non-hydrogen) atoms. The zero-order valence-electron chi connectivity index (χ0n) is 15.8. The first-order valence-corrected chi connectivity index (χ1v) is 9.73. The Morgan fingerprint density at radius 3 is 1.48 bits per heavy atom. The molecule has 0 aromatic carbocycles. The Morgan fingerprint density at radius 2 is 1.07 bits per heavy atom. The minimum absolute atomic E-state index is 0. The standard InChI is InChI=1S/C22H20N6.ClH/c1-3-19(25-17-13-23-11-5-15(1)17)21(7-8-21)27-28-22(9-10-22)20-4-2-16-6-12-24-14-18(16)26-20;/h1-6,11-14,27-28H,7-10H2;1H. The zero-order valence-corrected chi connectivity index (χ0v) is 16.6. The second kappa shape index (κ2) is 6.69. The first-order chi connectivity index (χ1) is 13.8. The van der Waals surface area contributed by atoms with E-state index in [4.69, 9.17) is 9.97 Å². The van der Waals surface area contributed by atoms with Gasteiger partial charge in [-0.2, -0.15) is 0 Å². The van der Waals surface area contributed by atoms with Crippen LogP contribution in [-0.4, -0.2) is 19.9 Å². The summed E-state index contributed by atoms with van der Waals surface area (Å²) in [5.41, 5.74) is 11.1. The van der Waals surface area contributed by atoms with Gasteiger partial charge in [0.1, 0.15) is 0 Å². The highest BCUT2D eigenvalue weighted by Crippen LogP contribution is 2.48. The Bertz CT molecular complexity index is 1110. The van der Waals surface area contributed by atoms with Gasteiger partial charge in [0.15, 0.2) is 0 Å². The smallest absolute Gasteiger partial charge is 0.0889 e. The van der Waals surface area contributed by atoms with E-state index in [9.17, 15) is 0 Å². The fraction of sp³-hybridized carbons (Fsp3) is 0.273. The summed E-state index contributed by atoms with van der Waals surface area (Å²) in [5, 5.41) is 2.24. The molecule has 0 unspecified atom stereocenters. The number of hydrogen-bond donors (Lipinski definition) is 2. The van der Waals surface area contributed by atoms with Crippen molar-refractivity contribution in [1.29, 1.82) is 0 Å². The van der Waals surface area contributed by atoms with Gasteiger partial charge in [-0.25, -0.2) is 20.8 Å². The van der Waals surface area contributed by atoms with E-state index in [0.29, 0.717) is 0 Å². The van der Waals surface area contributed by atoms with Crippen LogP contribution in [0.25, 0.3) is 21.8 Å². The molecule has 4 aromatic heterocycles. The predicted octanol–water partition coefficient (Wildman–Crippen LogP) is 3.77. The molecule has 4 aromatic rings. The predicted molar refractivity (Wildman–Crippen MR) is 114 cm³/mol. The summed E-state index contributed by atoms with van der Waals surface area (Å²) in [5.74, 6) is 0. The van der Waals surface area contributed by atoms with E-state index >= 15 is 0 Å². The van der Waals surface area contributed by atoms with Crippen molar-refractivity contribution in [3.63, 3.8) is 0 Å². The van der Waals surface area contributed by atoms with Crippen molar-refractivity contribution in [1.82, 2.24) is 30.8 Å². The van der Waals surface area contributed by atoms with E-state index in [1.807, 2.05) is 24.5 Å². The molecule has 0 aliphatic heterocycles. The van der Waals surface area contributed by atoms with Crippen LogP contribution >= 0.6 is 12.4 Å². The Balaban J connectivity index is 0.00000181. The Morgan fingerprint density at radius 1 is 0.621 bits per heavy atom. The molecule has 0 bridgehead atoms. The van der Waals surface area contributed by atoms with E-state index in [1.165, 1.54) is 0 Å². The van der Waals surface area contributed by atoms with Crippen molar-refractivity contribution in [3.05, 3.63) is 72.6 Å². The molecule has 7 heteroatoms. The third kappa shape index (κ3) is 3.13. The SMILES string of the molecule is Cl.c1cc2ccc(C3(NNC4(c5ccc6ccncc6n5)CC4)CC3)nc2cn1. The highest BCUT2D eigenvalue weighted by molar-refractivity contribution is 5.85. The van der Waals surface area contributed by atoms with Crippen LogP contribution in [0.1, 0.15) is 37.1 Å². The molecule has 2 fully saturated rings. The van der Waals surface area contributed by atoms with Gasteiger partial charge in [-0.15, -0.1) is 12.4 Å². The molecule has 0 radical (unpaired) electrons. The van der Waals surface area contributed by atoms with Crippen molar-refractivity contribution in [3.8, 4) is 0 Å². The topological polar surface area (TPSA) is 75.6 Å². The van der Waals surface area contributed by atoms with Gasteiger partial charge in [0.05, 0.1) is 45.9 Å². The van der Waals surface area contributed by atoms with Crippen LogP contribution in [0.4, 0.5) is 0 Å². The molecule has 2 aliphatic rings. The molecule has 0 spiro atoms. The van der Waals surface area contributed by atoms with E-state index in [1.54, 1.807) is 12.4 Å². The maximum absolute atomic E-state index is 4.86. The zero-order chi connectivity index (χ0) is 18.6. The van der Waals surface area contributed by atoms with Crippen LogP contribution in [-0.2, 0) is 11.1 Å². The first-order valence-electron chi connectivity index (χ1n) is 9.73. The third-order valence-electron chi connectivity index (χ3n) is 6.01. The summed E-state index contributed by atoms with van der Waals surface area (Å²) in [7, 11) is 0. The number of nitrogens with zero attached hydrogens (tertiary/aromatic N) is 4. The van der Waals surface area contributed by atoms with Gasteiger partial charge in [0.2, 0.25) is 0 Å². The monoisotopic (exact) mass is 404 g/mol. The number of hydrogen-bond acceptors (Lipinski definition) is 6. The number of hydrazine groups is 1. The lowest BCUT2D eigenvalue weighted by atomic mass is 10.1. The van der Waals surface area contributed by atoms with Gasteiger partial charge in [0.25, 0.3) is 0 Å². The molecule has 0 amide bonds. The van der Waals surface area contributed by atoms with Crippen molar-refractivity contribution in [2.45, 2.75) is 36.8 Å². The molecule has 2 N–H and O–H groups in total. The maximum Gasteiger partial charge on any atom is 0.0889 e. The van der Waals surface area contributed by atoms with E-state index in [0.717, 1.165) is 58.9 Å². The quantitative estimate of drug-likeness (QED) is 0.493. The molecular weight excluding hydrogens is 384 g/mol. The minimum Gasteiger partial charge on any atom is -0.262 e. The lowest BCUT2D eigenvalue weighted by molar-refractivity contribution is 0.344. The van der Waals surface area contributed by atoms with Gasteiger partial charge in [-0.3, -0.25) is 9.97 Å². The molecule has 4 heterocycles. The normalized spacial score (nSPS) is 18.3. The summed E-state index contributed by atoms with van der Waals surface area (Å²) < 4.78 is 0. The largest absolute Gasteiger partial charge is 0.262 e. The highest BCUT2D eigenvalue weighted by atomic mass is 35.5. The number of pyridine rings is 4. The average Bonchev–Trinajstić information content (AvgIpc) is 3.67. The Labute approximate surface area is 174 Å². The van der Waals surface area contributed by atoms with Crippen molar-refractivity contribution in [2.75, 3.05) is 0 Å². The summed E-state index contributed by atoms with van der Waals surface area (Å²) >= 11 is 0. The molecule has 0 atom stereocenters. The van der Waals surface area contributed by atoms with E-state index < -0.39 is 0 Å². The van der Waals surface area contributed by atoms with Gasteiger partial charge in [0, 0.05) is 23.2 Å². The number of fused-ring (bicyclic) bond motifs is 2. The van der Waals surface area contributed by atoms with Gasteiger partial charge in [-0.1, -0.05) is 12.1 Å². The molecule has 6 nitrogen and oxygen atoms in total. The molecule has 146 valence electrons. The summed E-state index contributed by atoms with van der Waals surface area (Å²) in [6.45, 7) is 0. The lowest BCUT2D eigenvalue weighted by Gasteiger charge is -2.24. The minimum atomic E-state index is -0.0992. The van der Waals surface area contributed by atoms with E-state index in [2.05, 4.69) is 45.1 Å². The highest BCUT2D eigenvalue weighted by Gasteiger charge is 2.51. The maximum atomic E-state index is 4.86. The third-order valence-corrected chi connectivity index (χ3v) is 6.01. The first kappa shape index (κ1) is 18.4. The van der Waals surface area contributed by atoms with Crippen LogP contribution < -0.4 is 10.9 Å². The molecule has 2 saturated carbocycles. The van der Waals surface area contributed by atoms with Crippen LogP contribution in [0.5, 0.6) is 0 Å². The average molecular weight is 405 g/mol. The number of rotatable bonds is 5. The molecular formula is C22H21ClN6. The van der Waals surface area contributed by atoms with Crippen LogP contribution in [0, 0.1) is 0 Å². The number of nitrogens with one attached hydrogen (secondary N) is 2. The second-order valence-electron chi connectivity index (χ2n) is 7.94. The Kier molecular flexibility index (Phi) is 4.24. The van der Waals surface area contributed by atoms with Gasteiger partial charge >= 0.3 is 0 Å². The fourth-order valence-electron chi connectivity index (χ4n) is 3.85. The summed E-state index contributed by atoms with van der Waals surface area (Å²) in [6, 6.07) is 12.5. The Hall–Kier alpha value is -2.67. The van der Waals surface area contributed by atoms with Crippen LogP contribution in [0.2, 0.25) is 0 Å². The lowest BCUT2D eigenvalue weighted by Crippen LogP contribution is -2.47. The summed E-state index contributed by atoms with van der Waals surface area (Å²) in [6.07, 6.45) is 11.6. The fourth-order valence-corrected chi connectivity index (χ4v) is 3.85. The molecule has 6 rings (SSSR count). The summed E-state index contributed by atoms with van der Waals surface area (Å²) in [4.78, 5) is 18.1. The van der Waals surface area contributed by atoms with Crippen molar-refractivity contribution in [2.24, 2.45) is 0 Å².